The number of aryl methyl sites for hydroxylation is 1. The van der Waals surface area contributed by atoms with Crippen molar-refractivity contribution in [2.45, 2.75) is 6.92 Å². The van der Waals surface area contributed by atoms with Crippen LogP contribution in [0.25, 0.3) is 6.08 Å². The zero-order valence-corrected chi connectivity index (χ0v) is 14.3. The highest BCUT2D eigenvalue weighted by Crippen LogP contribution is 2.31. The number of rotatable bonds is 3. The average Bonchev–Trinajstić information content (AvgIpc) is 2.87. The molecule has 5 nitrogen and oxygen atoms in total. The molecule has 0 radical (unpaired) electrons. The molecular weight excluding hydrogens is 342 g/mol. The highest BCUT2D eigenvalue weighted by atomic mass is 32.2. The summed E-state index contributed by atoms with van der Waals surface area (Å²) in [6.45, 7) is 2.00. The smallest absolute Gasteiger partial charge is 0.263 e. The lowest BCUT2D eigenvalue weighted by Crippen LogP contribution is -2.17. The minimum Gasteiger partial charge on any atom is -0.507 e. The van der Waals surface area contributed by atoms with E-state index < -0.39 is 0 Å². The zero-order chi connectivity index (χ0) is 17.1. The Morgan fingerprint density at radius 3 is 2.42 bits per heavy atom. The number of carbonyl (C=O) groups is 1. The molecule has 3 rings (SSSR count). The summed E-state index contributed by atoms with van der Waals surface area (Å²) >= 11 is 6.10. The molecule has 2 aromatic rings. The van der Waals surface area contributed by atoms with Crippen LogP contribution in [0.15, 0.2) is 57.6 Å². The quantitative estimate of drug-likeness (QED) is 0.479. The first-order valence-corrected chi connectivity index (χ1v) is 8.30. The van der Waals surface area contributed by atoms with Crippen LogP contribution in [0.1, 0.15) is 11.1 Å². The van der Waals surface area contributed by atoms with Gasteiger partial charge in [-0.2, -0.15) is 10.2 Å². The molecule has 1 saturated heterocycles. The molecule has 0 atom stereocenters. The number of aromatic hydroxyl groups is 1. The molecule has 0 saturated carbocycles. The van der Waals surface area contributed by atoms with E-state index in [4.69, 9.17) is 12.2 Å². The predicted octanol–water partition coefficient (Wildman–Crippen LogP) is 4.60. The van der Waals surface area contributed by atoms with Gasteiger partial charge in [-0.05, 0) is 37.3 Å². The second-order valence-corrected chi connectivity index (χ2v) is 6.85. The van der Waals surface area contributed by atoms with Gasteiger partial charge in [-0.25, -0.2) is 0 Å². The Hall–Kier alpha value is -2.51. The number of carbonyl (C=O) groups excluding carboxylic acids is 1. The van der Waals surface area contributed by atoms with E-state index in [9.17, 15) is 9.90 Å². The van der Waals surface area contributed by atoms with Gasteiger partial charge in [-0.3, -0.25) is 4.79 Å². The van der Waals surface area contributed by atoms with Crippen molar-refractivity contribution in [3.05, 3.63) is 58.5 Å². The van der Waals surface area contributed by atoms with Crippen molar-refractivity contribution < 1.29 is 9.90 Å². The monoisotopic (exact) mass is 355 g/mol. The SMILES string of the molecule is Cc1ccc(N=Nc2ccc(/C=C3\SC(=S)NC3=O)c(O)c2)cc1. The third kappa shape index (κ3) is 3.87. The van der Waals surface area contributed by atoms with Crippen LogP contribution in [0.4, 0.5) is 11.4 Å². The first-order chi connectivity index (χ1) is 11.5. The second kappa shape index (κ2) is 6.94. The van der Waals surface area contributed by atoms with Crippen molar-refractivity contribution in [1.82, 2.24) is 5.32 Å². The molecule has 0 unspecified atom stereocenters. The van der Waals surface area contributed by atoms with Crippen molar-refractivity contribution in [3.63, 3.8) is 0 Å². The Balaban J connectivity index is 1.80. The van der Waals surface area contributed by atoms with Crippen LogP contribution in [0.2, 0.25) is 0 Å². The highest BCUT2D eigenvalue weighted by molar-refractivity contribution is 8.26. The lowest BCUT2D eigenvalue weighted by atomic mass is 10.1. The standard InChI is InChI=1S/C17H13N3O2S2/c1-10-2-5-12(6-3-10)19-20-13-7-4-11(14(21)9-13)8-15-16(22)18-17(23)24-15/h2-9,21H,1H3,(H,18,22,23)/b15-8-,20-19?. The average molecular weight is 355 g/mol. The van der Waals surface area contributed by atoms with Crippen LogP contribution >= 0.6 is 24.0 Å². The number of phenols is 1. The largest absolute Gasteiger partial charge is 0.507 e. The Bertz CT molecular complexity index is 874. The van der Waals surface area contributed by atoms with Crippen LogP contribution in [0.3, 0.4) is 0 Å². The number of nitrogens with zero attached hydrogens (tertiary/aromatic N) is 2. The summed E-state index contributed by atoms with van der Waals surface area (Å²) in [5.74, 6) is -0.235. The first kappa shape index (κ1) is 16.4. The molecular formula is C17H13N3O2S2. The Kier molecular flexibility index (Phi) is 4.73. The van der Waals surface area contributed by atoms with Crippen LogP contribution in [-0.2, 0) is 4.79 Å². The van der Waals surface area contributed by atoms with Gasteiger partial charge >= 0.3 is 0 Å². The van der Waals surface area contributed by atoms with Gasteiger partial charge in [-0.1, -0.05) is 41.7 Å². The Morgan fingerprint density at radius 1 is 1.12 bits per heavy atom. The van der Waals surface area contributed by atoms with Crippen LogP contribution in [0, 0.1) is 6.92 Å². The third-order valence-corrected chi connectivity index (χ3v) is 4.42. The Morgan fingerprint density at radius 2 is 1.79 bits per heavy atom. The first-order valence-electron chi connectivity index (χ1n) is 7.07. The summed E-state index contributed by atoms with van der Waals surface area (Å²) in [6.07, 6.45) is 1.59. The van der Waals surface area contributed by atoms with E-state index in [0.717, 1.165) is 11.3 Å². The molecule has 1 aliphatic heterocycles. The molecule has 0 aliphatic carbocycles. The summed E-state index contributed by atoms with van der Waals surface area (Å²) in [5.41, 5.74) is 2.93. The van der Waals surface area contributed by atoms with Gasteiger partial charge in [0.05, 0.1) is 16.3 Å². The predicted molar refractivity (Wildman–Crippen MR) is 99.8 cm³/mol. The topological polar surface area (TPSA) is 74.0 Å². The molecule has 7 heteroatoms. The molecule has 24 heavy (non-hydrogen) atoms. The van der Waals surface area contributed by atoms with E-state index in [0.29, 0.717) is 20.5 Å². The fourth-order valence-electron chi connectivity index (χ4n) is 2.01. The summed E-state index contributed by atoms with van der Waals surface area (Å²) < 4.78 is 0.411. The lowest BCUT2D eigenvalue weighted by molar-refractivity contribution is -0.115. The van der Waals surface area contributed by atoms with Crippen molar-refractivity contribution >= 4 is 51.7 Å². The fourth-order valence-corrected chi connectivity index (χ4v) is 3.04. The number of hydrogen-bond acceptors (Lipinski definition) is 6. The normalized spacial score (nSPS) is 16.1. The molecule has 0 bridgehead atoms. The number of hydrogen-bond donors (Lipinski definition) is 2. The minimum absolute atomic E-state index is 0.0223. The number of thioether (sulfide) groups is 1. The molecule has 2 aromatic carbocycles. The minimum atomic E-state index is -0.257. The van der Waals surface area contributed by atoms with E-state index in [-0.39, 0.29) is 11.7 Å². The second-order valence-electron chi connectivity index (χ2n) is 5.13. The third-order valence-electron chi connectivity index (χ3n) is 3.26. The van der Waals surface area contributed by atoms with Gasteiger partial charge in [0.15, 0.2) is 0 Å². The Labute approximate surface area is 148 Å². The number of benzene rings is 2. The van der Waals surface area contributed by atoms with Crippen molar-refractivity contribution in [2.24, 2.45) is 10.2 Å². The van der Waals surface area contributed by atoms with Gasteiger partial charge in [0, 0.05) is 11.6 Å². The number of phenolic OH excluding ortho intramolecular Hbond substituents is 1. The summed E-state index contributed by atoms with van der Waals surface area (Å²) in [6, 6.07) is 12.6. The van der Waals surface area contributed by atoms with Gasteiger partial charge in [0.2, 0.25) is 0 Å². The van der Waals surface area contributed by atoms with Gasteiger partial charge in [0.25, 0.3) is 5.91 Å². The summed E-state index contributed by atoms with van der Waals surface area (Å²) in [7, 11) is 0. The van der Waals surface area contributed by atoms with Gasteiger partial charge in [-0.15, -0.1) is 0 Å². The molecule has 1 aliphatic rings. The van der Waals surface area contributed by atoms with Crippen LogP contribution < -0.4 is 5.32 Å². The molecule has 0 spiro atoms. The van der Waals surface area contributed by atoms with Crippen molar-refractivity contribution in [2.75, 3.05) is 0 Å². The van der Waals surface area contributed by atoms with E-state index in [2.05, 4.69) is 15.5 Å². The molecule has 2 N–H and O–H groups in total. The highest BCUT2D eigenvalue weighted by Gasteiger charge is 2.22. The molecule has 0 aromatic heterocycles. The van der Waals surface area contributed by atoms with Gasteiger partial charge in [0.1, 0.15) is 10.1 Å². The van der Waals surface area contributed by atoms with E-state index in [1.165, 1.54) is 17.8 Å². The number of thiocarbonyl (C=S) groups is 1. The van der Waals surface area contributed by atoms with Gasteiger partial charge < -0.3 is 10.4 Å². The summed E-state index contributed by atoms with van der Waals surface area (Å²) in [4.78, 5) is 12.1. The maximum atomic E-state index is 11.6. The van der Waals surface area contributed by atoms with Crippen molar-refractivity contribution in [3.8, 4) is 5.75 Å². The fraction of sp³-hybridized carbons (Fsp3) is 0.0588. The molecule has 1 fully saturated rings. The van der Waals surface area contributed by atoms with Crippen LogP contribution in [-0.4, -0.2) is 15.3 Å². The van der Waals surface area contributed by atoms with E-state index >= 15 is 0 Å². The summed E-state index contributed by atoms with van der Waals surface area (Å²) in [5, 5.41) is 20.9. The maximum absolute atomic E-state index is 11.6. The maximum Gasteiger partial charge on any atom is 0.263 e. The molecule has 120 valence electrons. The van der Waals surface area contributed by atoms with Crippen molar-refractivity contribution in [1.29, 1.82) is 0 Å². The van der Waals surface area contributed by atoms with E-state index in [1.807, 2.05) is 31.2 Å². The molecule has 1 heterocycles. The number of azo groups is 1. The number of nitrogens with one attached hydrogen (secondary N) is 1. The lowest BCUT2D eigenvalue weighted by Gasteiger charge is -2.01. The molecule has 1 amide bonds. The zero-order valence-electron chi connectivity index (χ0n) is 12.7. The van der Waals surface area contributed by atoms with E-state index in [1.54, 1.807) is 18.2 Å². The number of amides is 1. The van der Waals surface area contributed by atoms with Crippen LogP contribution in [0.5, 0.6) is 5.75 Å².